The smallest absolute Gasteiger partial charge is 0.344 e. The number of aliphatic carboxylic acids is 4. The molecule has 0 aliphatic carbocycles. The molecule has 0 radical (unpaired) electrons. The lowest BCUT2D eigenvalue weighted by Crippen LogP contribution is -2.10. The van der Waals surface area contributed by atoms with Crippen molar-refractivity contribution in [2.45, 2.75) is 429 Å². The third-order valence-corrected chi connectivity index (χ3v) is 24.0. The van der Waals surface area contributed by atoms with Gasteiger partial charge in [0.25, 0.3) is 10.1 Å². The quantitative estimate of drug-likeness (QED) is 0.00568. The number of phenols is 5. The number of carbonyl (C=O) groups is 6. The van der Waals surface area contributed by atoms with Crippen LogP contribution in [0.4, 0.5) is 0 Å². The molecule has 0 fully saturated rings. The van der Waals surface area contributed by atoms with Gasteiger partial charge in [0.15, 0.2) is 0 Å². The summed E-state index contributed by atoms with van der Waals surface area (Å²) in [6, 6.07) is 26.5. The molecule has 28 nitrogen and oxygen atoms in total. The van der Waals surface area contributed by atoms with E-state index >= 15 is 0 Å². The lowest BCUT2D eigenvalue weighted by molar-refractivity contribution is -0.147. The van der Waals surface area contributed by atoms with Gasteiger partial charge in [-0.15, -0.1) is 0 Å². The van der Waals surface area contributed by atoms with Gasteiger partial charge in [-0.1, -0.05) is 375 Å². The van der Waals surface area contributed by atoms with Crippen molar-refractivity contribution >= 4 is 74.5 Å². The number of aryl methyl sites for hydroxylation is 5. The summed E-state index contributed by atoms with van der Waals surface area (Å²) < 4.78 is 30.4. The van der Waals surface area contributed by atoms with E-state index in [2.05, 4.69) is 60.4 Å². The molecule has 0 aliphatic heterocycles. The molecule has 5 aromatic rings. The first-order valence-electron chi connectivity index (χ1n) is 52.2. The summed E-state index contributed by atoms with van der Waals surface area (Å²) in [7, 11) is -4.08. The maximum absolute atomic E-state index is 11.9. The van der Waals surface area contributed by atoms with Crippen LogP contribution in [-0.4, -0.2) is 149 Å². The molecule has 0 aliphatic rings. The van der Waals surface area contributed by atoms with E-state index in [4.69, 9.17) is 49.2 Å². The second kappa shape index (κ2) is 83.2. The van der Waals surface area contributed by atoms with E-state index in [1.165, 1.54) is 212 Å². The van der Waals surface area contributed by atoms with Crippen molar-refractivity contribution in [3.8, 4) is 28.7 Å². The molecule has 0 unspecified atom stereocenters. The van der Waals surface area contributed by atoms with Crippen LogP contribution in [-0.2, 0) is 63.1 Å². The van der Waals surface area contributed by atoms with Crippen molar-refractivity contribution in [1.29, 1.82) is 0 Å². The number of hydrogen-bond acceptors (Lipinski definition) is 23. The standard InChI is InChI=1S/C24H37NO5.C23H35NO5.C22H35NO4.C21H35NO5S.C21H33NO4/c1-3-4-5-6-7-8-9-10-11-13-21(20-18-19(2)16-17-22(20)26)25-30-24(29)15-12-14-23(27)28;1-3-4-5-6-7-8-9-10-11-12-20(19-17-18(2)13-14-21(19)25)24-29-23(28)16-15-22(26)27;1-3-4-5-6-7-8-9-10-11-12-20(23-27-16-15-22(25)26)19-17-18(2)13-14-21(19)24;1-3-4-5-6-7-8-9-10-11-12-20(22-27-15-16-28(24,25)26)19-17-18(2)13-14-21(19)23;1-3-4-5-6-7-8-9-10-11-12-19(22-26-16-21(24)25)18-15-17(2)13-14-20(18)23/h16-18,26H,3-15H2,1-2H3,(H,27,28);13-14,17,25H,3-12,15-16H2,1-2H3,(H,26,27);13-14,17,24H,3-12,15-16H2,1-2H3,(H,25,26);13-14,17,23H,3-12,15-16H2,1-2H3,(H,24,25,26);13-15,23H,3-12,16H2,1-2H3,(H,24,25)/b25-21+;24-20+;23-20+;22-20+;22-19+. The molecular weight excluding hydrogens is 1800 g/mol. The first-order chi connectivity index (χ1) is 67.3. The van der Waals surface area contributed by atoms with Crippen LogP contribution in [0.15, 0.2) is 117 Å². The molecule has 0 spiro atoms. The molecule has 0 saturated carbocycles. The van der Waals surface area contributed by atoms with Crippen molar-refractivity contribution in [3.05, 3.63) is 147 Å². The molecule has 0 aromatic heterocycles. The van der Waals surface area contributed by atoms with E-state index in [1.807, 2.05) is 89.2 Å². The van der Waals surface area contributed by atoms with Crippen LogP contribution < -0.4 is 0 Å². The largest absolute Gasteiger partial charge is 0.507 e. The zero-order chi connectivity index (χ0) is 104. The molecule has 0 bridgehead atoms. The minimum atomic E-state index is -4.08. The predicted molar refractivity (Wildman–Crippen MR) is 561 cm³/mol. The molecule has 5 aromatic carbocycles. The number of unbranched alkanes of at least 4 members (excludes halogenated alkanes) is 40. The molecule has 0 amide bonds. The summed E-state index contributed by atoms with van der Waals surface area (Å²) in [5.41, 5.74) is 11.0. The van der Waals surface area contributed by atoms with Crippen LogP contribution in [0.2, 0.25) is 0 Å². The van der Waals surface area contributed by atoms with Crippen LogP contribution >= 0.6 is 0 Å². The van der Waals surface area contributed by atoms with Crippen molar-refractivity contribution < 1.29 is 112 Å². The van der Waals surface area contributed by atoms with Gasteiger partial charge in [0.2, 0.25) is 6.61 Å². The first-order valence-corrected chi connectivity index (χ1v) is 53.8. The fourth-order valence-electron chi connectivity index (χ4n) is 15.2. The Hall–Kier alpha value is -10.4. The summed E-state index contributed by atoms with van der Waals surface area (Å²) in [6.07, 6.45) is 57.3. The molecule has 140 heavy (non-hydrogen) atoms. The summed E-state index contributed by atoms with van der Waals surface area (Å²) in [5.74, 6) is -5.10. The zero-order valence-electron chi connectivity index (χ0n) is 86.5. The van der Waals surface area contributed by atoms with Gasteiger partial charge in [0, 0.05) is 40.7 Å². The van der Waals surface area contributed by atoms with Crippen molar-refractivity contribution in [2.24, 2.45) is 25.8 Å². The number of rotatable bonds is 75. The number of benzene rings is 5. The number of carboxylic acids is 4. The second-order valence-electron chi connectivity index (χ2n) is 36.5. The van der Waals surface area contributed by atoms with E-state index in [0.29, 0.717) is 88.5 Å². The number of aromatic hydroxyl groups is 5. The molecule has 10 N–H and O–H groups in total. The van der Waals surface area contributed by atoms with Gasteiger partial charge in [0.05, 0.1) is 47.8 Å². The minimum absolute atomic E-state index is 0.000904. The fourth-order valence-corrected chi connectivity index (χ4v) is 15.4. The SMILES string of the molecule is CCCCCCCCCCC/C(=N\OC(=O)CCC(=O)O)c1cc(C)ccc1O.CCCCCCCCCCC/C(=N\OC(=O)CCCC(=O)O)c1cc(C)ccc1O.CCCCCCCCCCC/C(=N\OCC(=O)O)c1cc(C)ccc1O.CCCCCCCCCCC/C(=N\OCCC(=O)O)c1cc(C)ccc1O.CCCCCCCCCCC/C(=N\OCCS(=O)(=O)O)c1cc(C)ccc1O. The van der Waals surface area contributed by atoms with Gasteiger partial charge in [-0.2, -0.15) is 8.42 Å². The normalized spacial score (nSPS) is 11.7. The topological polar surface area (TPSA) is 447 Å². The number of phenolic OH excluding ortho intramolecular Hbond substituents is 5. The number of carboxylic acid groups (broad SMARTS) is 4. The summed E-state index contributed by atoms with van der Waals surface area (Å²) in [6.45, 7) is 20.1. The first kappa shape index (κ1) is 128. The number of nitrogens with zero attached hydrogens (tertiary/aromatic N) is 5. The van der Waals surface area contributed by atoms with Gasteiger partial charge in [0.1, 0.15) is 47.7 Å². The average Bonchev–Trinajstić information content (AvgIpc) is 0.869. The Morgan fingerprint density at radius 2 is 0.471 bits per heavy atom. The van der Waals surface area contributed by atoms with Gasteiger partial charge in [-0.05, 0) is 166 Å². The fraction of sp³-hybridized carbons (Fsp3) is 0.631. The van der Waals surface area contributed by atoms with E-state index in [0.717, 1.165) is 105 Å². The molecule has 5 rings (SSSR count). The highest BCUT2D eigenvalue weighted by molar-refractivity contribution is 7.85. The highest BCUT2D eigenvalue weighted by atomic mass is 32.2. The van der Waals surface area contributed by atoms with Crippen LogP contribution in [0, 0.1) is 34.6 Å². The lowest BCUT2D eigenvalue weighted by atomic mass is 10.00. The highest BCUT2D eigenvalue weighted by Gasteiger charge is 2.20. The van der Waals surface area contributed by atoms with E-state index in [-0.39, 0.29) is 80.5 Å². The summed E-state index contributed by atoms with van der Waals surface area (Å²) in [5, 5.41) is 106. The average molecular weight is 1980 g/mol. The highest BCUT2D eigenvalue weighted by Crippen LogP contribution is 2.30. The molecule has 0 atom stereocenters. The third-order valence-electron chi connectivity index (χ3n) is 23.3. The van der Waals surface area contributed by atoms with Gasteiger partial charge in [-0.3, -0.25) is 18.9 Å². The van der Waals surface area contributed by atoms with Crippen LogP contribution in [0.25, 0.3) is 0 Å². The Balaban J connectivity index is 0.000000876. The summed E-state index contributed by atoms with van der Waals surface area (Å²) in [4.78, 5) is 91.0. The monoisotopic (exact) mass is 1980 g/mol. The Labute approximate surface area is 837 Å². The molecular formula is C111H175N5O23S. The van der Waals surface area contributed by atoms with Crippen LogP contribution in [0.1, 0.15) is 450 Å². The van der Waals surface area contributed by atoms with Crippen molar-refractivity contribution in [3.63, 3.8) is 0 Å². The Bertz CT molecular complexity index is 4510. The number of oxime groups is 5. The van der Waals surface area contributed by atoms with Crippen LogP contribution in [0.3, 0.4) is 0 Å². The van der Waals surface area contributed by atoms with E-state index < -0.39 is 58.3 Å². The molecule has 29 heteroatoms. The Morgan fingerprint density at radius 1 is 0.250 bits per heavy atom. The van der Waals surface area contributed by atoms with Gasteiger partial charge >= 0.3 is 35.8 Å². The zero-order valence-corrected chi connectivity index (χ0v) is 87.3. The number of carbonyl (C=O) groups excluding carboxylic acids is 2. The maximum Gasteiger partial charge on any atom is 0.344 e. The lowest BCUT2D eigenvalue weighted by Gasteiger charge is -2.10. The van der Waals surface area contributed by atoms with Gasteiger partial charge in [-0.25, -0.2) is 14.4 Å². The van der Waals surface area contributed by atoms with Crippen molar-refractivity contribution in [2.75, 3.05) is 25.6 Å². The second-order valence-corrected chi connectivity index (χ2v) is 38.1. The number of hydrogen-bond donors (Lipinski definition) is 10. The molecule has 788 valence electrons. The third kappa shape index (κ3) is 69.4. The maximum atomic E-state index is 11.9. The summed E-state index contributed by atoms with van der Waals surface area (Å²) >= 11 is 0. The molecule has 0 saturated heterocycles. The molecule has 0 heterocycles. The van der Waals surface area contributed by atoms with Crippen LogP contribution in [0.5, 0.6) is 28.7 Å². The predicted octanol–water partition coefficient (Wildman–Crippen LogP) is 28.3. The van der Waals surface area contributed by atoms with Crippen molar-refractivity contribution in [1.82, 2.24) is 0 Å². The van der Waals surface area contributed by atoms with E-state index in [1.54, 1.807) is 36.4 Å². The van der Waals surface area contributed by atoms with Gasteiger partial charge < -0.3 is 70.1 Å². The minimum Gasteiger partial charge on any atom is -0.507 e. The Kier molecular flexibility index (Phi) is 75.8. The van der Waals surface area contributed by atoms with E-state index in [9.17, 15) is 62.7 Å². The Morgan fingerprint density at radius 3 is 0.707 bits per heavy atom.